The molecular formula is C10H20AlN. The maximum atomic E-state index is 2.69. The summed E-state index contributed by atoms with van der Waals surface area (Å²) in [6.07, 6.45) is 2.63. The topological polar surface area (TPSA) is 3.24 Å². The molecule has 0 N–H and O–H groups in total. The summed E-state index contributed by atoms with van der Waals surface area (Å²) in [6.45, 7) is 11.7. The normalized spacial score (nSPS) is 16.2. The highest BCUT2D eigenvalue weighted by molar-refractivity contribution is 6.83. The Labute approximate surface area is 81.1 Å². The van der Waals surface area contributed by atoms with Crippen LogP contribution in [0.25, 0.3) is 0 Å². The van der Waals surface area contributed by atoms with Gasteiger partial charge in [-0.15, -0.1) is 8.87 Å². The van der Waals surface area contributed by atoms with Gasteiger partial charge in [0.2, 0.25) is 0 Å². The van der Waals surface area contributed by atoms with Crippen LogP contribution in [0.1, 0.15) is 40.5 Å². The lowest BCUT2D eigenvalue weighted by Crippen LogP contribution is -2.32. The lowest BCUT2D eigenvalue weighted by Gasteiger charge is -2.17. The lowest BCUT2D eigenvalue weighted by atomic mass is 10.4. The molecule has 1 heterocycles. The van der Waals surface area contributed by atoms with Crippen molar-refractivity contribution in [3.8, 4) is 0 Å². The fourth-order valence-electron chi connectivity index (χ4n) is 2.17. The zero-order chi connectivity index (χ0) is 9.14. The van der Waals surface area contributed by atoms with Crippen LogP contribution in [0, 0.1) is 0 Å². The third kappa shape index (κ3) is 1.76. The Morgan fingerprint density at radius 1 is 0.917 bits per heavy atom. The second-order valence-corrected chi connectivity index (χ2v) is 6.31. The molecular weight excluding hydrogens is 161 g/mol. The highest BCUT2D eigenvalue weighted by Gasteiger charge is 2.44. The Bertz CT molecular complexity index is 168. The second kappa shape index (κ2) is 4.46. The Morgan fingerprint density at radius 3 is 1.58 bits per heavy atom. The number of hydrogen-bond donors (Lipinski definition) is 0. The summed E-state index contributed by atoms with van der Waals surface area (Å²) in [5.41, 5.74) is 0. The molecule has 1 aliphatic rings. The van der Waals surface area contributed by atoms with Crippen molar-refractivity contribution >= 4 is 14.4 Å². The molecule has 0 atom stereocenters. The van der Waals surface area contributed by atoms with Crippen LogP contribution in [0.15, 0.2) is 8.87 Å². The van der Waals surface area contributed by atoms with Crippen LogP contribution in [-0.4, -0.2) is 31.3 Å². The van der Waals surface area contributed by atoms with Gasteiger partial charge in [0.1, 0.15) is 0 Å². The van der Waals surface area contributed by atoms with E-state index < -0.39 is 14.4 Å². The van der Waals surface area contributed by atoms with E-state index in [1.54, 1.807) is 0 Å². The maximum Gasteiger partial charge on any atom is 0.443 e. The van der Waals surface area contributed by atoms with Gasteiger partial charge in [-0.25, -0.2) is 0 Å². The maximum absolute atomic E-state index is 2.69. The van der Waals surface area contributed by atoms with Gasteiger partial charge < -0.3 is 3.88 Å². The van der Waals surface area contributed by atoms with E-state index in [4.69, 9.17) is 0 Å². The van der Waals surface area contributed by atoms with Crippen molar-refractivity contribution in [1.82, 2.24) is 3.88 Å². The van der Waals surface area contributed by atoms with Crippen LogP contribution in [0.3, 0.4) is 0 Å². The van der Waals surface area contributed by atoms with Crippen molar-refractivity contribution in [2.75, 3.05) is 13.1 Å². The van der Waals surface area contributed by atoms with E-state index in [-0.39, 0.29) is 0 Å². The van der Waals surface area contributed by atoms with Crippen molar-refractivity contribution in [2.45, 2.75) is 40.5 Å². The number of allylic oxidation sites excluding steroid dienone is 2. The van der Waals surface area contributed by atoms with Gasteiger partial charge in [0, 0.05) is 0 Å². The molecule has 0 fully saturated rings. The molecule has 0 aromatic carbocycles. The fraction of sp³-hybridized carbons (Fsp3) is 0.800. The highest BCUT2D eigenvalue weighted by atomic mass is 27.2. The molecule has 0 spiro atoms. The van der Waals surface area contributed by atoms with Gasteiger partial charge in [0.25, 0.3) is 0 Å². The predicted molar refractivity (Wildman–Crippen MR) is 56.3 cm³/mol. The van der Waals surface area contributed by atoms with E-state index in [2.05, 4.69) is 31.6 Å². The molecule has 0 saturated carbocycles. The molecule has 68 valence electrons. The third-order valence-electron chi connectivity index (χ3n) is 2.93. The minimum Gasteiger partial charge on any atom is -0.378 e. The van der Waals surface area contributed by atoms with E-state index >= 15 is 0 Å². The van der Waals surface area contributed by atoms with Crippen molar-refractivity contribution in [3.05, 3.63) is 8.87 Å². The number of rotatable bonds is 5. The van der Waals surface area contributed by atoms with Crippen molar-refractivity contribution in [1.29, 1.82) is 0 Å². The van der Waals surface area contributed by atoms with E-state index in [0.29, 0.717) is 0 Å². The van der Waals surface area contributed by atoms with Crippen LogP contribution in [0.2, 0.25) is 0 Å². The molecule has 12 heavy (non-hydrogen) atoms. The van der Waals surface area contributed by atoms with E-state index in [1.807, 2.05) is 8.87 Å². The first-order chi connectivity index (χ1) is 5.79. The lowest BCUT2D eigenvalue weighted by molar-refractivity contribution is 0.491. The van der Waals surface area contributed by atoms with Crippen LogP contribution in [0.5, 0.6) is 0 Å². The summed E-state index contributed by atoms with van der Waals surface area (Å²) in [5, 5.41) is 0. The first-order valence-electron chi connectivity index (χ1n) is 5.25. The highest BCUT2D eigenvalue weighted by Crippen LogP contribution is 2.36. The van der Waals surface area contributed by atoms with Gasteiger partial charge in [-0.05, 0) is 25.9 Å². The monoisotopic (exact) mass is 181 g/mol. The molecule has 0 saturated heterocycles. The average molecular weight is 181 g/mol. The molecule has 0 radical (unpaired) electrons. The van der Waals surface area contributed by atoms with Crippen molar-refractivity contribution < 1.29 is 0 Å². The molecule has 2 heteroatoms. The molecule has 1 aliphatic heterocycles. The molecule has 1 nitrogen and oxygen atoms in total. The average Bonchev–Trinajstić information content (AvgIpc) is 2.80. The second-order valence-electron chi connectivity index (χ2n) is 3.38. The molecule has 0 aliphatic carbocycles. The molecule has 1 rings (SSSR count). The first-order valence-corrected chi connectivity index (χ1v) is 6.92. The van der Waals surface area contributed by atoms with Crippen molar-refractivity contribution in [2.24, 2.45) is 0 Å². The molecule has 0 amide bonds. The molecule has 0 unspecified atom stereocenters. The third-order valence-corrected chi connectivity index (χ3v) is 6.93. The van der Waals surface area contributed by atoms with Crippen LogP contribution >= 0.6 is 0 Å². The fourth-order valence-corrected chi connectivity index (χ4v) is 5.80. The zero-order valence-electron chi connectivity index (χ0n) is 8.85. The summed E-state index contributed by atoms with van der Waals surface area (Å²) >= 11 is -0.599. The first kappa shape index (κ1) is 10.3. The minimum atomic E-state index is -0.599. The van der Waals surface area contributed by atoms with E-state index in [9.17, 15) is 0 Å². The summed E-state index contributed by atoms with van der Waals surface area (Å²) in [5.74, 6) is 0. The van der Waals surface area contributed by atoms with Gasteiger partial charge in [-0.2, -0.15) is 0 Å². The molecule has 0 aromatic heterocycles. The Morgan fingerprint density at radius 2 is 1.33 bits per heavy atom. The quantitative estimate of drug-likeness (QED) is 0.589. The van der Waals surface area contributed by atoms with Gasteiger partial charge in [0.05, 0.1) is 0 Å². The van der Waals surface area contributed by atoms with Crippen LogP contribution in [0.4, 0.5) is 0 Å². The van der Waals surface area contributed by atoms with Crippen LogP contribution in [-0.2, 0) is 0 Å². The smallest absolute Gasteiger partial charge is 0.378 e. The minimum absolute atomic E-state index is 0.599. The van der Waals surface area contributed by atoms with E-state index in [0.717, 1.165) is 0 Å². The number of hydrogen-bond acceptors (Lipinski definition) is 1. The van der Waals surface area contributed by atoms with Crippen molar-refractivity contribution in [3.63, 3.8) is 0 Å². The summed E-state index contributed by atoms with van der Waals surface area (Å²) in [4.78, 5) is 0. The Hall–Kier alpha value is 0.232. The van der Waals surface area contributed by atoms with Gasteiger partial charge >= 0.3 is 14.4 Å². The van der Waals surface area contributed by atoms with Gasteiger partial charge in [-0.3, -0.25) is 0 Å². The van der Waals surface area contributed by atoms with E-state index in [1.165, 1.54) is 25.9 Å². The largest absolute Gasteiger partial charge is 0.443 e. The Kier molecular flexibility index (Phi) is 3.84. The summed E-state index contributed by atoms with van der Waals surface area (Å²) < 4.78 is 6.39. The van der Waals surface area contributed by atoms with Gasteiger partial charge in [-0.1, -0.05) is 27.7 Å². The standard InChI is InChI=1S/C6H10.C4H10N.Al/c1-3-5-6-4-2;1-3-5-4-2;/h3-4H2,1-2H3;3-4H2,1-2H3;/q;-1;+1. The van der Waals surface area contributed by atoms with Crippen LogP contribution < -0.4 is 0 Å². The zero-order valence-corrected chi connectivity index (χ0v) is 10.0. The molecule has 0 bridgehead atoms. The SMILES string of the molecule is CC[C]1=[C](CC)[Al]1[N](CC)CC. The summed E-state index contributed by atoms with van der Waals surface area (Å²) in [7, 11) is 0. The molecule has 0 aromatic rings. The Balaban J connectivity index is 2.49. The van der Waals surface area contributed by atoms with Gasteiger partial charge in [0.15, 0.2) is 0 Å². The summed E-state index contributed by atoms with van der Waals surface area (Å²) in [6, 6.07) is 0. The predicted octanol–water partition coefficient (Wildman–Crippen LogP) is 2.53. The number of nitrogens with zero attached hydrogens (tertiary/aromatic N) is 1.